The molecule has 0 unspecified atom stereocenters. The van der Waals surface area contributed by atoms with Crippen LogP contribution in [0.5, 0.6) is 5.75 Å². The number of hydrogen-bond donors (Lipinski definition) is 1. The van der Waals surface area contributed by atoms with Crippen molar-refractivity contribution in [1.82, 2.24) is 9.78 Å². The fourth-order valence-corrected chi connectivity index (χ4v) is 2.89. The Labute approximate surface area is 182 Å². The molecule has 0 aliphatic heterocycles. The molecule has 1 heterocycles. The van der Waals surface area contributed by atoms with Crippen LogP contribution in [0.25, 0.3) is 16.9 Å². The Kier molecular flexibility index (Phi) is 6.44. The van der Waals surface area contributed by atoms with E-state index in [1.807, 2.05) is 69.3 Å². The third-order valence-corrected chi connectivity index (χ3v) is 4.61. The first kappa shape index (κ1) is 22.1. The number of nitrogens with one attached hydrogen (secondary N) is 1. The van der Waals surface area contributed by atoms with E-state index in [0.717, 1.165) is 17.0 Å². The fourth-order valence-electron chi connectivity index (χ4n) is 2.89. The highest BCUT2D eigenvalue weighted by Gasteiger charge is 2.22. The van der Waals surface area contributed by atoms with Crippen LogP contribution in [-0.2, 0) is 9.53 Å². The monoisotopic (exact) mass is 421 g/mol. The van der Waals surface area contributed by atoms with Crippen LogP contribution in [0.2, 0.25) is 0 Å². The lowest BCUT2D eigenvalue weighted by molar-refractivity contribution is -0.123. The van der Waals surface area contributed by atoms with Gasteiger partial charge in [-0.2, -0.15) is 5.10 Å². The summed E-state index contributed by atoms with van der Waals surface area (Å²) < 4.78 is 12.0. The molecule has 1 amide bonds. The molecule has 0 aliphatic rings. The Morgan fingerprint density at radius 3 is 2.39 bits per heavy atom. The van der Waals surface area contributed by atoms with Crippen molar-refractivity contribution in [2.24, 2.45) is 5.41 Å². The van der Waals surface area contributed by atoms with Crippen LogP contribution in [0, 0.1) is 5.41 Å². The second kappa shape index (κ2) is 9.04. The zero-order valence-corrected chi connectivity index (χ0v) is 18.4. The van der Waals surface area contributed by atoms with Gasteiger partial charge in [0.2, 0.25) is 5.91 Å². The third kappa shape index (κ3) is 5.12. The SMILES string of the molecule is CCOC(=O)c1cc(-c2cccc(NC(=O)C(C)(C)C)c2)n(-c2ccc(OC)cc2)n1. The molecule has 0 atom stereocenters. The van der Waals surface area contributed by atoms with Gasteiger partial charge in [-0.15, -0.1) is 0 Å². The topological polar surface area (TPSA) is 82.5 Å². The smallest absolute Gasteiger partial charge is 0.358 e. The van der Waals surface area contributed by atoms with Crippen molar-refractivity contribution in [3.8, 4) is 22.7 Å². The van der Waals surface area contributed by atoms with Crippen molar-refractivity contribution in [1.29, 1.82) is 0 Å². The van der Waals surface area contributed by atoms with Gasteiger partial charge >= 0.3 is 5.97 Å². The highest BCUT2D eigenvalue weighted by atomic mass is 16.5. The van der Waals surface area contributed by atoms with Crippen molar-refractivity contribution in [2.45, 2.75) is 27.7 Å². The number of methoxy groups -OCH3 is 1. The lowest BCUT2D eigenvalue weighted by Crippen LogP contribution is -2.27. The van der Waals surface area contributed by atoms with Gasteiger partial charge < -0.3 is 14.8 Å². The number of aromatic nitrogens is 2. The molecule has 162 valence electrons. The molecule has 3 aromatic rings. The highest BCUT2D eigenvalue weighted by Crippen LogP contribution is 2.28. The molecule has 0 fully saturated rings. The summed E-state index contributed by atoms with van der Waals surface area (Å²) in [5.74, 6) is 0.142. The van der Waals surface area contributed by atoms with E-state index in [1.165, 1.54) is 0 Å². The summed E-state index contributed by atoms with van der Waals surface area (Å²) in [5.41, 5.74) is 2.60. The second-order valence-electron chi connectivity index (χ2n) is 8.03. The second-order valence-corrected chi connectivity index (χ2v) is 8.03. The summed E-state index contributed by atoms with van der Waals surface area (Å²) in [6.45, 7) is 7.59. The standard InChI is InChI=1S/C24H27N3O4/c1-6-31-22(28)20-15-21(27(26-20)18-10-12-19(30-5)13-11-18)16-8-7-9-17(14-16)25-23(29)24(2,3)4/h7-15H,6H2,1-5H3,(H,25,29). The van der Waals surface area contributed by atoms with Crippen LogP contribution < -0.4 is 10.1 Å². The van der Waals surface area contributed by atoms with Gasteiger partial charge in [-0.25, -0.2) is 9.48 Å². The molecule has 2 aromatic carbocycles. The van der Waals surface area contributed by atoms with Gasteiger partial charge in [0.05, 0.1) is 25.1 Å². The number of carbonyl (C=O) groups is 2. The minimum atomic E-state index is -0.516. The fraction of sp³-hybridized carbons (Fsp3) is 0.292. The van der Waals surface area contributed by atoms with E-state index in [-0.39, 0.29) is 18.2 Å². The highest BCUT2D eigenvalue weighted by molar-refractivity contribution is 5.95. The van der Waals surface area contributed by atoms with Crippen LogP contribution in [-0.4, -0.2) is 35.4 Å². The zero-order chi connectivity index (χ0) is 22.6. The van der Waals surface area contributed by atoms with Crippen molar-refractivity contribution < 1.29 is 19.1 Å². The van der Waals surface area contributed by atoms with Crippen LogP contribution >= 0.6 is 0 Å². The van der Waals surface area contributed by atoms with Gasteiger partial charge in [0.25, 0.3) is 0 Å². The van der Waals surface area contributed by atoms with Crippen molar-refractivity contribution in [3.63, 3.8) is 0 Å². The molecule has 3 rings (SSSR count). The molecular weight excluding hydrogens is 394 g/mol. The average Bonchev–Trinajstić information content (AvgIpc) is 3.19. The predicted molar refractivity (Wildman–Crippen MR) is 120 cm³/mol. The molecular formula is C24H27N3O4. The molecule has 7 nitrogen and oxygen atoms in total. The van der Waals surface area contributed by atoms with E-state index >= 15 is 0 Å². The van der Waals surface area contributed by atoms with Crippen LogP contribution in [0.4, 0.5) is 5.69 Å². The molecule has 0 aliphatic carbocycles. The summed E-state index contributed by atoms with van der Waals surface area (Å²) in [7, 11) is 1.60. The molecule has 0 radical (unpaired) electrons. The number of anilines is 1. The summed E-state index contributed by atoms with van der Waals surface area (Å²) >= 11 is 0. The normalized spacial score (nSPS) is 11.1. The van der Waals surface area contributed by atoms with Gasteiger partial charge in [-0.3, -0.25) is 4.79 Å². The molecule has 31 heavy (non-hydrogen) atoms. The van der Waals surface area contributed by atoms with E-state index < -0.39 is 11.4 Å². The Balaban J connectivity index is 2.05. The molecule has 1 N–H and O–H groups in total. The Morgan fingerprint density at radius 1 is 1.06 bits per heavy atom. The average molecular weight is 421 g/mol. The first-order valence-electron chi connectivity index (χ1n) is 10.1. The molecule has 1 aromatic heterocycles. The number of amides is 1. The van der Waals surface area contributed by atoms with E-state index in [0.29, 0.717) is 11.4 Å². The summed E-state index contributed by atoms with van der Waals surface area (Å²) in [5, 5.41) is 7.41. The van der Waals surface area contributed by atoms with Gasteiger partial charge in [-0.1, -0.05) is 32.9 Å². The van der Waals surface area contributed by atoms with Crippen LogP contribution in [0.3, 0.4) is 0 Å². The largest absolute Gasteiger partial charge is 0.497 e. The Hall–Kier alpha value is -3.61. The molecule has 0 saturated heterocycles. The van der Waals surface area contributed by atoms with Gasteiger partial charge in [0, 0.05) is 16.7 Å². The quantitative estimate of drug-likeness (QED) is 0.583. The molecule has 0 saturated carbocycles. The van der Waals surface area contributed by atoms with E-state index in [4.69, 9.17) is 9.47 Å². The summed E-state index contributed by atoms with van der Waals surface area (Å²) in [4.78, 5) is 24.7. The maximum absolute atomic E-state index is 12.4. The number of ether oxygens (including phenoxy) is 2. The Bertz CT molecular complexity index is 1080. The number of hydrogen-bond acceptors (Lipinski definition) is 5. The third-order valence-electron chi connectivity index (χ3n) is 4.61. The van der Waals surface area contributed by atoms with E-state index in [2.05, 4.69) is 10.4 Å². The van der Waals surface area contributed by atoms with Gasteiger partial charge in [0.1, 0.15) is 5.75 Å². The van der Waals surface area contributed by atoms with Gasteiger partial charge in [0.15, 0.2) is 5.69 Å². The maximum Gasteiger partial charge on any atom is 0.358 e. The maximum atomic E-state index is 12.4. The van der Waals surface area contributed by atoms with Crippen molar-refractivity contribution >= 4 is 17.6 Å². The van der Waals surface area contributed by atoms with Crippen molar-refractivity contribution in [2.75, 3.05) is 19.0 Å². The number of carbonyl (C=O) groups excluding carboxylic acids is 2. The van der Waals surface area contributed by atoms with Crippen molar-refractivity contribution in [3.05, 3.63) is 60.3 Å². The van der Waals surface area contributed by atoms with Crippen LogP contribution in [0.1, 0.15) is 38.2 Å². The van der Waals surface area contributed by atoms with Crippen LogP contribution in [0.15, 0.2) is 54.6 Å². The minimum absolute atomic E-state index is 0.0828. The number of nitrogens with zero attached hydrogens (tertiary/aromatic N) is 2. The summed E-state index contributed by atoms with van der Waals surface area (Å²) in [6.07, 6.45) is 0. The lowest BCUT2D eigenvalue weighted by Gasteiger charge is -2.18. The first-order valence-corrected chi connectivity index (χ1v) is 10.1. The predicted octanol–water partition coefficient (Wildman–Crippen LogP) is 4.71. The molecule has 7 heteroatoms. The Morgan fingerprint density at radius 2 is 1.77 bits per heavy atom. The number of rotatable bonds is 6. The first-order chi connectivity index (χ1) is 14.7. The lowest BCUT2D eigenvalue weighted by atomic mass is 9.95. The number of benzene rings is 2. The molecule has 0 spiro atoms. The number of esters is 1. The minimum Gasteiger partial charge on any atom is -0.497 e. The van der Waals surface area contributed by atoms with E-state index in [1.54, 1.807) is 24.8 Å². The molecule has 0 bridgehead atoms. The van der Waals surface area contributed by atoms with Gasteiger partial charge in [-0.05, 0) is 49.4 Å². The van der Waals surface area contributed by atoms with E-state index in [9.17, 15) is 9.59 Å². The summed E-state index contributed by atoms with van der Waals surface area (Å²) in [6, 6.07) is 16.5. The zero-order valence-electron chi connectivity index (χ0n) is 18.4.